The number of likely N-dealkylation sites (tertiary alicyclic amines) is 1. The number of carbonyl (C=O) groups excluding carboxylic acids is 5. The molecule has 5 amide bonds. The van der Waals surface area contributed by atoms with E-state index in [-0.39, 0.29) is 47.8 Å². The second kappa shape index (κ2) is 21.7. The number of carbonyl (C=O) groups is 5. The maximum Gasteiger partial charge on any atom is 0.265 e. The molecule has 0 aliphatic carbocycles. The SMILES string of the molecule is CCC(C)C(C(CC(=O)N1CCCC1C(OC)C(C)C(=O)NC(CC(C)C)C(=O)NO)OC)N(C)C(=O)C(NC(=O)C(C(C)C)N(C)C)C(C)C. The molecular weight excluding hydrogens is 656 g/mol. The lowest BCUT2D eigenvalue weighted by Gasteiger charge is -2.41. The number of methoxy groups -OCH3 is 2. The minimum atomic E-state index is -0.920. The Kier molecular flexibility index (Phi) is 19.6. The smallest absolute Gasteiger partial charge is 0.265 e. The first-order chi connectivity index (χ1) is 23.8. The summed E-state index contributed by atoms with van der Waals surface area (Å²) in [6.07, 6.45) is 1.10. The largest absolute Gasteiger partial charge is 0.379 e. The lowest BCUT2D eigenvalue weighted by atomic mass is 9.89. The van der Waals surface area contributed by atoms with Crippen LogP contribution in [0.5, 0.6) is 0 Å². The zero-order chi connectivity index (χ0) is 39.3. The van der Waals surface area contributed by atoms with Crippen molar-refractivity contribution in [3.05, 3.63) is 0 Å². The number of ether oxygens (including phenoxy) is 2. The highest BCUT2D eigenvalue weighted by Crippen LogP contribution is 2.30. The van der Waals surface area contributed by atoms with Gasteiger partial charge in [-0.05, 0) is 57.0 Å². The molecule has 0 aromatic heterocycles. The average Bonchev–Trinajstić information content (AvgIpc) is 3.54. The van der Waals surface area contributed by atoms with Gasteiger partial charge in [-0.2, -0.15) is 0 Å². The molecule has 0 saturated carbocycles. The summed E-state index contributed by atoms with van der Waals surface area (Å²) in [5, 5.41) is 15.0. The summed E-state index contributed by atoms with van der Waals surface area (Å²) in [6, 6.07) is -2.96. The molecule has 1 fully saturated rings. The van der Waals surface area contributed by atoms with Gasteiger partial charge in [0.05, 0.1) is 42.7 Å². The van der Waals surface area contributed by atoms with Crippen molar-refractivity contribution >= 4 is 29.5 Å². The minimum Gasteiger partial charge on any atom is -0.379 e. The first-order valence-electron chi connectivity index (χ1n) is 18.6. The zero-order valence-electron chi connectivity index (χ0n) is 33.8. The minimum absolute atomic E-state index is 0.00146. The van der Waals surface area contributed by atoms with E-state index in [9.17, 15) is 29.2 Å². The molecule has 0 aromatic carbocycles. The van der Waals surface area contributed by atoms with Crippen LogP contribution in [0, 0.1) is 29.6 Å². The van der Waals surface area contributed by atoms with Gasteiger partial charge >= 0.3 is 0 Å². The Morgan fingerprint density at radius 1 is 0.863 bits per heavy atom. The molecule has 1 saturated heterocycles. The molecule has 0 bridgehead atoms. The predicted octanol–water partition coefficient (Wildman–Crippen LogP) is 2.67. The van der Waals surface area contributed by atoms with E-state index in [1.807, 2.05) is 74.4 Å². The van der Waals surface area contributed by atoms with Crippen LogP contribution in [0.2, 0.25) is 0 Å². The number of hydrogen-bond acceptors (Lipinski definition) is 9. The second-order valence-corrected chi connectivity index (χ2v) is 15.6. The maximum absolute atomic E-state index is 14.2. The lowest BCUT2D eigenvalue weighted by Crippen LogP contribution is -2.59. The van der Waals surface area contributed by atoms with Gasteiger partial charge in [-0.1, -0.05) is 68.7 Å². The molecule has 0 spiro atoms. The molecule has 1 heterocycles. The van der Waals surface area contributed by atoms with E-state index in [4.69, 9.17) is 9.47 Å². The van der Waals surface area contributed by atoms with Crippen molar-refractivity contribution in [2.24, 2.45) is 29.6 Å². The number of nitrogens with zero attached hydrogens (tertiary/aromatic N) is 3. The normalized spacial score (nSPS) is 19.7. The van der Waals surface area contributed by atoms with Crippen LogP contribution in [0.15, 0.2) is 0 Å². The predicted molar refractivity (Wildman–Crippen MR) is 197 cm³/mol. The van der Waals surface area contributed by atoms with Crippen LogP contribution in [-0.2, 0) is 33.4 Å². The van der Waals surface area contributed by atoms with Gasteiger partial charge in [-0.3, -0.25) is 34.1 Å². The third kappa shape index (κ3) is 12.7. The standard InChI is InChI=1S/C37H70N6O8/c1-15-24(8)32(42(12)37(48)30(22(4)5)39-36(47)31(23(6)7)41(10)11)28(50-13)20-29(44)43-18-16-17-27(43)33(51-14)25(9)34(45)38-26(19-21(2)3)35(46)40-49/h21-28,30-33,49H,15-20H2,1-14H3,(H,38,45)(H,39,47)(H,40,46). The van der Waals surface area contributed by atoms with Crippen molar-refractivity contribution in [2.45, 2.75) is 137 Å². The number of likely N-dealkylation sites (N-methyl/N-ethyl adjacent to an activating group) is 2. The van der Waals surface area contributed by atoms with Crippen LogP contribution < -0.4 is 16.1 Å². The van der Waals surface area contributed by atoms with E-state index in [2.05, 4.69) is 10.6 Å². The van der Waals surface area contributed by atoms with Crippen molar-refractivity contribution in [3.63, 3.8) is 0 Å². The average molecular weight is 727 g/mol. The summed E-state index contributed by atoms with van der Waals surface area (Å²) in [7, 11) is 8.45. The van der Waals surface area contributed by atoms with Crippen LogP contribution in [0.1, 0.15) is 94.4 Å². The van der Waals surface area contributed by atoms with E-state index >= 15 is 0 Å². The topological polar surface area (TPSA) is 170 Å². The third-order valence-corrected chi connectivity index (χ3v) is 10.4. The van der Waals surface area contributed by atoms with Gasteiger partial charge in [0.1, 0.15) is 12.1 Å². The molecule has 1 rings (SSSR count). The van der Waals surface area contributed by atoms with Gasteiger partial charge in [-0.25, -0.2) is 5.48 Å². The summed E-state index contributed by atoms with van der Waals surface area (Å²) in [5.41, 5.74) is 1.63. The van der Waals surface area contributed by atoms with Gasteiger partial charge in [0, 0.05) is 27.8 Å². The zero-order valence-corrected chi connectivity index (χ0v) is 33.8. The summed E-state index contributed by atoms with van der Waals surface area (Å²) in [5.74, 6) is -2.56. The second-order valence-electron chi connectivity index (χ2n) is 15.6. The van der Waals surface area contributed by atoms with Gasteiger partial charge in [0.2, 0.25) is 23.6 Å². The molecule has 0 radical (unpaired) electrons. The maximum atomic E-state index is 14.2. The van der Waals surface area contributed by atoms with Crippen molar-refractivity contribution in [1.82, 2.24) is 30.8 Å². The molecule has 1 aliphatic rings. The molecule has 9 atom stereocenters. The first kappa shape index (κ1) is 46.2. The Morgan fingerprint density at radius 2 is 1.47 bits per heavy atom. The molecule has 4 N–H and O–H groups in total. The number of hydrogen-bond donors (Lipinski definition) is 4. The molecule has 1 aliphatic heterocycles. The fourth-order valence-electron chi connectivity index (χ4n) is 7.50. The van der Waals surface area contributed by atoms with Crippen molar-refractivity contribution < 1.29 is 38.7 Å². The van der Waals surface area contributed by atoms with E-state index in [0.717, 1.165) is 12.8 Å². The molecule has 51 heavy (non-hydrogen) atoms. The number of amides is 5. The summed E-state index contributed by atoms with van der Waals surface area (Å²) in [4.78, 5) is 72.6. The Labute approximate surface area is 307 Å². The van der Waals surface area contributed by atoms with Gasteiger partial charge in [0.15, 0.2) is 0 Å². The monoisotopic (exact) mass is 727 g/mol. The molecule has 14 nitrogen and oxygen atoms in total. The van der Waals surface area contributed by atoms with Crippen molar-refractivity contribution in [2.75, 3.05) is 41.9 Å². The molecule has 14 heteroatoms. The van der Waals surface area contributed by atoms with Crippen molar-refractivity contribution in [1.29, 1.82) is 0 Å². The summed E-state index contributed by atoms with van der Waals surface area (Å²) in [6.45, 7) is 17.8. The Balaban J connectivity index is 3.28. The lowest BCUT2D eigenvalue weighted by molar-refractivity contribution is -0.148. The molecule has 0 aromatic rings. The van der Waals surface area contributed by atoms with E-state index in [0.29, 0.717) is 19.4 Å². The Morgan fingerprint density at radius 3 is 1.92 bits per heavy atom. The van der Waals surface area contributed by atoms with Crippen LogP contribution in [0.25, 0.3) is 0 Å². The van der Waals surface area contributed by atoms with E-state index in [1.54, 1.807) is 36.4 Å². The first-order valence-corrected chi connectivity index (χ1v) is 18.6. The molecular formula is C37H70N6O8. The van der Waals surface area contributed by atoms with Gasteiger partial charge in [-0.15, -0.1) is 0 Å². The fraction of sp³-hybridized carbons (Fsp3) is 0.865. The van der Waals surface area contributed by atoms with E-state index in [1.165, 1.54) is 7.11 Å². The van der Waals surface area contributed by atoms with Crippen molar-refractivity contribution in [3.8, 4) is 0 Å². The molecule has 296 valence electrons. The highest BCUT2D eigenvalue weighted by atomic mass is 16.5. The highest BCUT2D eigenvalue weighted by molar-refractivity contribution is 5.90. The van der Waals surface area contributed by atoms with Crippen LogP contribution in [0.3, 0.4) is 0 Å². The number of rotatable bonds is 21. The summed E-state index contributed by atoms with van der Waals surface area (Å²) >= 11 is 0. The van der Waals surface area contributed by atoms with Crippen LogP contribution in [-0.4, -0.2) is 134 Å². The quantitative estimate of drug-likeness (QED) is 0.103. The number of nitrogens with one attached hydrogen (secondary N) is 3. The van der Waals surface area contributed by atoms with Gasteiger partial charge in [0.25, 0.3) is 5.91 Å². The van der Waals surface area contributed by atoms with Crippen LogP contribution >= 0.6 is 0 Å². The highest BCUT2D eigenvalue weighted by Gasteiger charge is 2.43. The number of hydroxylamine groups is 1. The fourth-order valence-corrected chi connectivity index (χ4v) is 7.50. The van der Waals surface area contributed by atoms with Crippen LogP contribution in [0.4, 0.5) is 0 Å². The van der Waals surface area contributed by atoms with E-state index < -0.39 is 60.1 Å². The third-order valence-electron chi connectivity index (χ3n) is 10.4. The summed E-state index contributed by atoms with van der Waals surface area (Å²) < 4.78 is 11.8. The Hall–Kier alpha value is -2.81. The Bertz CT molecular complexity index is 1130. The van der Waals surface area contributed by atoms with Gasteiger partial charge < -0.3 is 29.9 Å². The molecule has 9 unspecified atom stereocenters.